The van der Waals surface area contributed by atoms with Gasteiger partial charge < -0.3 is 19.7 Å². The minimum absolute atomic E-state index is 0.0762. The maximum Gasteiger partial charge on any atom is 0.165 e. The molecule has 0 aliphatic carbocycles. The standard InChI is InChI=1S/C20H26FN3O2/c1-24(10-12-25-2)19-9-8-15(14-23-19)13-22-18-7-4-11-26-20-16(18)5-3-6-17(20)21/h3,5-6,8-9,14,18,22H,4,7,10-13H2,1-2H3. The zero-order valence-electron chi connectivity index (χ0n) is 15.4. The lowest BCUT2D eigenvalue weighted by molar-refractivity contribution is 0.206. The van der Waals surface area contributed by atoms with E-state index in [-0.39, 0.29) is 11.9 Å². The number of methoxy groups -OCH3 is 1. The number of benzene rings is 1. The fourth-order valence-electron chi connectivity index (χ4n) is 3.11. The number of nitrogens with zero attached hydrogens (tertiary/aromatic N) is 2. The van der Waals surface area contributed by atoms with E-state index in [9.17, 15) is 4.39 Å². The van der Waals surface area contributed by atoms with Crippen LogP contribution in [0.2, 0.25) is 0 Å². The van der Waals surface area contributed by atoms with Crippen molar-refractivity contribution in [1.82, 2.24) is 10.3 Å². The molecule has 1 atom stereocenters. The van der Waals surface area contributed by atoms with Gasteiger partial charge >= 0.3 is 0 Å². The number of pyridine rings is 1. The first-order chi connectivity index (χ1) is 12.7. The predicted molar refractivity (Wildman–Crippen MR) is 100 cm³/mol. The van der Waals surface area contributed by atoms with E-state index in [2.05, 4.69) is 21.3 Å². The summed E-state index contributed by atoms with van der Waals surface area (Å²) in [5.74, 6) is 1.01. The Labute approximate surface area is 154 Å². The summed E-state index contributed by atoms with van der Waals surface area (Å²) in [7, 11) is 3.69. The van der Waals surface area contributed by atoms with Crippen molar-refractivity contribution < 1.29 is 13.9 Å². The lowest BCUT2D eigenvalue weighted by Gasteiger charge is -2.20. The number of aromatic nitrogens is 1. The van der Waals surface area contributed by atoms with Gasteiger partial charge in [-0.25, -0.2) is 9.37 Å². The highest BCUT2D eigenvalue weighted by atomic mass is 19.1. The van der Waals surface area contributed by atoms with Crippen LogP contribution in [-0.4, -0.2) is 38.9 Å². The van der Waals surface area contributed by atoms with Crippen LogP contribution in [0.15, 0.2) is 36.5 Å². The monoisotopic (exact) mass is 359 g/mol. The molecule has 1 aromatic heterocycles. The van der Waals surface area contributed by atoms with Crippen LogP contribution in [0, 0.1) is 5.82 Å². The molecular weight excluding hydrogens is 333 g/mol. The van der Waals surface area contributed by atoms with Gasteiger partial charge in [-0.3, -0.25) is 0 Å². The van der Waals surface area contributed by atoms with Crippen molar-refractivity contribution in [2.45, 2.75) is 25.4 Å². The normalized spacial score (nSPS) is 16.5. The second-order valence-corrected chi connectivity index (χ2v) is 6.52. The number of halogens is 1. The average molecular weight is 359 g/mol. The van der Waals surface area contributed by atoms with E-state index >= 15 is 0 Å². The second-order valence-electron chi connectivity index (χ2n) is 6.52. The third kappa shape index (κ3) is 4.51. The van der Waals surface area contributed by atoms with Crippen molar-refractivity contribution >= 4 is 5.82 Å². The number of fused-ring (bicyclic) bond motifs is 1. The van der Waals surface area contributed by atoms with Crippen LogP contribution in [0.1, 0.15) is 30.0 Å². The van der Waals surface area contributed by atoms with Crippen molar-refractivity contribution in [3.63, 3.8) is 0 Å². The molecule has 1 unspecified atom stereocenters. The minimum atomic E-state index is -0.290. The zero-order valence-corrected chi connectivity index (χ0v) is 15.4. The summed E-state index contributed by atoms with van der Waals surface area (Å²) in [5.41, 5.74) is 1.99. The Bertz CT molecular complexity index is 709. The molecule has 1 aliphatic rings. The Morgan fingerprint density at radius 3 is 3.00 bits per heavy atom. The highest BCUT2D eigenvalue weighted by Gasteiger charge is 2.21. The SMILES string of the molecule is COCCN(C)c1ccc(CNC2CCCOc3c(F)cccc32)cn1. The van der Waals surface area contributed by atoms with Crippen LogP contribution in [-0.2, 0) is 11.3 Å². The first-order valence-electron chi connectivity index (χ1n) is 8.98. The van der Waals surface area contributed by atoms with Gasteiger partial charge in [0.05, 0.1) is 13.2 Å². The molecule has 1 aliphatic heterocycles. The number of hydrogen-bond acceptors (Lipinski definition) is 5. The molecule has 0 fully saturated rings. The highest BCUT2D eigenvalue weighted by molar-refractivity contribution is 5.39. The van der Waals surface area contributed by atoms with E-state index < -0.39 is 0 Å². The van der Waals surface area contributed by atoms with Gasteiger partial charge in [-0.2, -0.15) is 0 Å². The van der Waals surface area contributed by atoms with E-state index in [1.807, 2.05) is 25.4 Å². The number of hydrogen-bond donors (Lipinski definition) is 1. The van der Waals surface area contributed by atoms with Crippen LogP contribution < -0.4 is 15.0 Å². The number of likely N-dealkylation sites (N-methyl/N-ethyl adjacent to an activating group) is 1. The van der Waals surface area contributed by atoms with Crippen molar-refractivity contribution in [3.05, 3.63) is 53.5 Å². The summed E-state index contributed by atoms with van der Waals surface area (Å²) >= 11 is 0. The number of para-hydroxylation sites is 1. The molecule has 1 aromatic carbocycles. The van der Waals surface area contributed by atoms with Crippen LogP contribution in [0.4, 0.5) is 10.2 Å². The first kappa shape index (κ1) is 18.6. The van der Waals surface area contributed by atoms with Crippen LogP contribution in [0.3, 0.4) is 0 Å². The Balaban J connectivity index is 1.63. The highest BCUT2D eigenvalue weighted by Crippen LogP contribution is 2.33. The van der Waals surface area contributed by atoms with Crippen molar-refractivity contribution in [2.24, 2.45) is 0 Å². The Morgan fingerprint density at radius 1 is 1.35 bits per heavy atom. The molecule has 140 valence electrons. The van der Waals surface area contributed by atoms with E-state index in [1.54, 1.807) is 13.2 Å². The van der Waals surface area contributed by atoms with E-state index in [4.69, 9.17) is 9.47 Å². The summed E-state index contributed by atoms with van der Waals surface area (Å²) in [6, 6.07) is 9.28. The first-order valence-corrected chi connectivity index (χ1v) is 8.98. The number of anilines is 1. The zero-order chi connectivity index (χ0) is 18.4. The van der Waals surface area contributed by atoms with Crippen molar-refractivity contribution in [3.8, 4) is 5.75 Å². The maximum absolute atomic E-state index is 14.0. The van der Waals surface area contributed by atoms with Gasteiger partial charge in [0, 0.05) is 45.0 Å². The largest absolute Gasteiger partial charge is 0.490 e. The summed E-state index contributed by atoms with van der Waals surface area (Å²) in [6.45, 7) is 2.69. The molecule has 2 aromatic rings. The molecule has 5 nitrogen and oxygen atoms in total. The Morgan fingerprint density at radius 2 is 2.23 bits per heavy atom. The van der Waals surface area contributed by atoms with Crippen molar-refractivity contribution in [2.75, 3.05) is 38.8 Å². The summed E-state index contributed by atoms with van der Waals surface area (Å²) in [5, 5.41) is 3.52. The van der Waals surface area contributed by atoms with Crippen LogP contribution >= 0.6 is 0 Å². The Kier molecular flexibility index (Phi) is 6.41. The number of rotatable bonds is 7. The lowest BCUT2D eigenvalue weighted by Crippen LogP contribution is -2.23. The smallest absolute Gasteiger partial charge is 0.165 e. The fourth-order valence-corrected chi connectivity index (χ4v) is 3.11. The molecule has 0 spiro atoms. The van der Waals surface area contributed by atoms with Gasteiger partial charge in [0.15, 0.2) is 11.6 Å². The van der Waals surface area contributed by atoms with Gasteiger partial charge in [0.2, 0.25) is 0 Å². The molecule has 0 amide bonds. The van der Waals surface area contributed by atoms with E-state index in [1.165, 1.54) is 6.07 Å². The van der Waals surface area contributed by atoms with E-state index in [0.717, 1.165) is 36.3 Å². The average Bonchev–Trinajstić information content (AvgIpc) is 2.88. The van der Waals surface area contributed by atoms with Gasteiger partial charge in [-0.05, 0) is 30.5 Å². The summed E-state index contributed by atoms with van der Waals surface area (Å²) in [6.07, 6.45) is 3.69. The predicted octanol–water partition coefficient (Wildman–Crippen LogP) is 3.31. The third-order valence-corrected chi connectivity index (χ3v) is 4.64. The number of nitrogens with one attached hydrogen (secondary N) is 1. The number of ether oxygens (including phenoxy) is 2. The third-order valence-electron chi connectivity index (χ3n) is 4.64. The Hall–Kier alpha value is -2.18. The molecular formula is C20H26FN3O2. The molecule has 0 radical (unpaired) electrons. The molecule has 6 heteroatoms. The molecule has 1 N–H and O–H groups in total. The quantitative estimate of drug-likeness (QED) is 0.822. The molecule has 2 heterocycles. The van der Waals surface area contributed by atoms with Gasteiger partial charge in [0.25, 0.3) is 0 Å². The fraction of sp³-hybridized carbons (Fsp3) is 0.450. The van der Waals surface area contributed by atoms with Gasteiger partial charge in [-0.1, -0.05) is 18.2 Å². The lowest BCUT2D eigenvalue weighted by atomic mass is 10.0. The summed E-state index contributed by atoms with van der Waals surface area (Å²) < 4.78 is 24.7. The molecule has 0 bridgehead atoms. The second kappa shape index (κ2) is 8.96. The van der Waals surface area contributed by atoms with Gasteiger partial charge in [-0.15, -0.1) is 0 Å². The van der Waals surface area contributed by atoms with E-state index in [0.29, 0.717) is 25.5 Å². The molecule has 0 saturated carbocycles. The maximum atomic E-state index is 14.0. The van der Waals surface area contributed by atoms with Gasteiger partial charge in [0.1, 0.15) is 5.82 Å². The minimum Gasteiger partial charge on any atom is -0.490 e. The van der Waals surface area contributed by atoms with Crippen LogP contribution in [0.5, 0.6) is 5.75 Å². The molecule has 26 heavy (non-hydrogen) atoms. The topological polar surface area (TPSA) is 46.6 Å². The molecule has 0 saturated heterocycles. The van der Waals surface area contributed by atoms with Crippen LogP contribution in [0.25, 0.3) is 0 Å². The molecule has 3 rings (SSSR count). The van der Waals surface area contributed by atoms with Crippen molar-refractivity contribution in [1.29, 1.82) is 0 Å². The summed E-state index contributed by atoms with van der Waals surface area (Å²) in [4.78, 5) is 6.58.